The third kappa shape index (κ3) is 3.11. The van der Waals surface area contributed by atoms with Crippen LogP contribution in [0.2, 0.25) is 5.02 Å². The Morgan fingerprint density at radius 1 is 1.52 bits per heavy atom. The normalized spacial score (nSPS) is 10.5. The lowest BCUT2D eigenvalue weighted by atomic mass is 10.2. The molecule has 0 saturated carbocycles. The lowest BCUT2D eigenvalue weighted by Crippen LogP contribution is -2.15. The van der Waals surface area contributed by atoms with E-state index >= 15 is 0 Å². The summed E-state index contributed by atoms with van der Waals surface area (Å²) >= 11 is 6.04. The summed E-state index contributed by atoms with van der Waals surface area (Å²) in [6.45, 7) is 4.40. The first-order valence-corrected chi connectivity index (χ1v) is 6.82. The molecule has 0 radical (unpaired) electrons. The van der Waals surface area contributed by atoms with Crippen LogP contribution < -0.4 is 15.8 Å². The van der Waals surface area contributed by atoms with Crippen LogP contribution in [0.15, 0.2) is 18.3 Å². The average molecular weight is 309 g/mol. The van der Waals surface area contributed by atoms with Gasteiger partial charge in [-0.2, -0.15) is 5.10 Å². The number of nitrogens with two attached hydrogens (primary N) is 1. The van der Waals surface area contributed by atoms with Crippen molar-refractivity contribution >= 4 is 28.9 Å². The van der Waals surface area contributed by atoms with Crippen molar-refractivity contribution in [2.45, 2.75) is 20.4 Å². The van der Waals surface area contributed by atoms with E-state index in [1.54, 1.807) is 23.0 Å². The highest BCUT2D eigenvalue weighted by atomic mass is 35.5. The number of amides is 1. The van der Waals surface area contributed by atoms with Crippen LogP contribution in [0.3, 0.4) is 0 Å². The highest BCUT2D eigenvalue weighted by Crippen LogP contribution is 2.31. The van der Waals surface area contributed by atoms with Crippen molar-refractivity contribution < 1.29 is 9.53 Å². The molecule has 0 spiro atoms. The predicted molar refractivity (Wildman–Crippen MR) is 83.0 cm³/mol. The minimum absolute atomic E-state index is 0.187. The Labute approximate surface area is 127 Å². The van der Waals surface area contributed by atoms with Crippen LogP contribution >= 0.6 is 11.6 Å². The van der Waals surface area contributed by atoms with E-state index in [0.717, 1.165) is 5.56 Å². The van der Waals surface area contributed by atoms with E-state index in [1.807, 2.05) is 13.8 Å². The molecule has 112 valence electrons. The van der Waals surface area contributed by atoms with Crippen LogP contribution in [0.25, 0.3) is 0 Å². The fourth-order valence-corrected chi connectivity index (χ4v) is 2.04. The molecule has 6 nitrogen and oxygen atoms in total. The highest BCUT2D eigenvalue weighted by Gasteiger charge is 2.17. The Morgan fingerprint density at radius 3 is 2.81 bits per heavy atom. The molecule has 21 heavy (non-hydrogen) atoms. The second-order valence-corrected chi connectivity index (χ2v) is 4.95. The van der Waals surface area contributed by atoms with Gasteiger partial charge in [0, 0.05) is 23.8 Å². The Kier molecular flexibility index (Phi) is 4.37. The molecule has 0 unspecified atom stereocenters. The summed E-state index contributed by atoms with van der Waals surface area (Å²) in [5, 5.41) is 7.45. The number of anilines is 2. The quantitative estimate of drug-likeness (QED) is 0.909. The maximum atomic E-state index is 12.3. The Bertz CT molecular complexity index is 682. The number of methoxy groups -OCH3 is 1. The number of ether oxygens (including phenoxy) is 1. The number of aromatic nitrogens is 2. The van der Waals surface area contributed by atoms with Crippen LogP contribution in [-0.2, 0) is 6.54 Å². The summed E-state index contributed by atoms with van der Waals surface area (Å²) in [6.07, 6.45) is 1.62. The smallest absolute Gasteiger partial charge is 0.278 e. The molecule has 3 N–H and O–H groups in total. The molecule has 1 heterocycles. The maximum Gasteiger partial charge on any atom is 0.278 e. The minimum Gasteiger partial charge on any atom is -0.495 e. The Morgan fingerprint density at radius 2 is 2.24 bits per heavy atom. The molecular formula is C14H17ClN4O2. The van der Waals surface area contributed by atoms with E-state index in [4.69, 9.17) is 22.1 Å². The zero-order chi connectivity index (χ0) is 15.6. The first-order chi connectivity index (χ1) is 9.96. The van der Waals surface area contributed by atoms with Crippen molar-refractivity contribution in [1.29, 1.82) is 0 Å². The van der Waals surface area contributed by atoms with Crippen LogP contribution in [-0.4, -0.2) is 22.8 Å². The van der Waals surface area contributed by atoms with E-state index in [9.17, 15) is 4.79 Å². The van der Waals surface area contributed by atoms with E-state index in [1.165, 1.54) is 7.11 Å². The highest BCUT2D eigenvalue weighted by molar-refractivity contribution is 6.31. The molecule has 0 aliphatic carbocycles. The number of rotatable bonds is 4. The van der Waals surface area contributed by atoms with Gasteiger partial charge in [-0.15, -0.1) is 0 Å². The van der Waals surface area contributed by atoms with E-state index in [-0.39, 0.29) is 11.6 Å². The number of halogens is 1. The van der Waals surface area contributed by atoms with Gasteiger partial charge in [-0.05, 0) is 25.5 Å². The third-order valence-corrected chi connectivity index (χ3v) is 3.47. The fourth-order valence-electron chi connectivity index (χ4n) is 1.89. The van der Waals surface area contributed by atoms with Crippen molar-refractivity contribution in [2.24, 2.45) is 0 Å². The SMILES string of the molecule is CCn1cc(N)c(C(=O)Nc2cc(C)c(Cl)cc2OC)n1. The first kappa shape index (κ1) is 15.2. The molecule has 2 rings (SSSR count). The van der Waals surface area contributed by atoms with Crippen molar-refractivity contribution in [3.63, 3.8) is 0 Å². The predicted octanol–water partition coefficient (Wildman–Crippen LogP) is 2.71. The molecule has 0 fully saturated rings. The van der Waals surface area contributed by atoms with Gasteiger partial charge >= 0.3 is 0 Å². The van der Waals surface area contributed by atoms with Gasteiger partial charge in [0.05, 0.1) is 18.5 Å². The fraction of sp³-hybridized carbons (Fsp3) is 0.286. The number of hydrogen-bond donors (Lipinski definition) is 2. The summed E-state index contributed by atoms with van der Waals surface area (Å²) in [6, 6.07) is 3.40. The molecule has 2 aromatic rings. The largest absolute Gasteiger partial charge is 0.495 e. The van der Waals surface area contributed by atoms with E-state index in [2.05, 4.69) is 10.4 Å². The zero-order valence-electron chi connectivity index (χ0n) is 12.1. The van der Waals surface area contributed by atoms with Crippen molar-refractivity contribution in [3.8, 4) is 5.75 Å². The summed E-state index contributed by atoms with van der Waals surface area (Å²) in [7, 11) is 1.51. The monoisotopic (exact) mass is 308 g/mol. The van der Waals surface area contributed by atoms with Crippen LogP contribution in [0.5, 0.6) is 5.75 Å². The van der Waals surface area contributed by atoms with E-state index in [0.29, 0.717) is 28.7 Å². The van der Waals surface area contributed by atoms with Gasteiger partial charge in [-0.3, -0.25) is 9.48 Å². The number of carbonyl (C=O) groups is 1. The second-order valence-electron chi connectivity index (χ2n) is 4.54. The van der Waals surface area contributed by atoms with Gasteiger partial charge < -0.3 is 15.8 Å². The van der Waals surface area contributed by atoms with Crippen LogP contribution in [0.1, 0.15) is 23.0 Å². The van der Waals surface area contributed by atoms with Gasteiger partial charge in [0.1, 0.15) is 5.75 Å². The number of nitrogen functional groups attached to an aromatic ring is 1. The molecule has 1 amide bonds. The van der Waals surface area contributed by atoms with Gasteiger partial charge in [0.25, 0.3) is 5.91 Å². The molecule has 0 aliphatic rings. The van der Waals surface area contributed by atoms with Crippen LogP contribution in [0, 0.1) is 6.92 Å². The number of hydrogen-bond acceptors (Lipinski definition) is 4. The van der Waals surface area contributed by atoms with Gasteiger partial charge in [0.15, 0.2) is 5.69 Å². The van der Waals surface area contributed by atoms with Gasteiger partial charge in [0.2, 0.25) is 0 Å². The average Bonchev–Trinajstić information content (AvgIpc) is 2.83. The first-order valence-electron chi connectivity index (χ1n) is 6.44. The molecule has 0 atom stereocenters. The molecule has 1 aromatic heterocycles. The number of nitrogens with one attached hydrogen (secondary N) is 1. The number of carbonyl (C=O) groups excluding carboxylic acids is 1. The second kappa shape index (κ2) is 6.05. The molecular weight excluding hydrogens is 292 g/mol. The van der Waals surface area contributed by atoms with Crippen molar-refractivity contribution in [2.75, 3.05) is 18.2 Å². The van der Waals surface area contributed by atoms with Crippen molar-refractivity contribution in [1.82, 2.24) is 9.78 Å². The third-order valence-electron chi connectivity index (χ3n) is 3.06. The lowest BCUT2D eigenvalue weighted by molar-refractivity contribution is 0.102. The number of nitrogens with zero attached hydrogens (tertiary/aromatic N) is 2. The lowest BCUT2D eigenvalue weighted by Gasteiger charge is -2.11. The molecule has 0 saturated heterocycles. The standard InChI is InChI=1S/C14H17ClN4O2/c1-4-19-7-10(16)13(18-19)14(20)17-11-5-8(2)9(15)6-12(11)21-3/h5-7H,4,16H2,1-3H3,(H,17,20). The minimum atomic E-state index is -0.389. The molecule has 7 heteroatoms. The summed E-state index contributed by atoms with van der Waals surface area (Å²) in [4.78, 5) is 12.3. The summed E-state index contributed by atoms with van der Waals surface area (Å²) < 4.78 is 6.82. The maximum absolute atomic E-state index is 12.3. The number of aryl methyl sites for hydroxylation is 2. The zero-order valence-corrected chi connectivity index (χ0v) is 12.9. The molecule has 1 aromatic carbocycles. The van der Waals surface area contributed by atoms with Crippen LogP contribution in [0.4, 0.5) is 11.4 Å². The van der Waals surface area contributed by atoms with Crippen molar-refractivity contribution in [3.05, 3.63) is 34.6 Å². The molecule has 0 bridgehead atoms. The Hall–Kier alpha value is -2.21. The topological polar surface area (TPSA) is 82.2 Å². The van der Waals surface area contributed by atoms with E-state index < -0.39 is 0 Å². The van der Waals surface area contributed by atoms with Gasteiger partial charge in [-0.1, -0.05) is 11.6 Å². The number of benzene rings is 1. The van der Waals surface area contributed by atoms with Gasteiger partial charge in [-0.25, -0.2) is 0 Å². The summed E-state index contributed by atoms with van der Waals surface area (Å²) in [5.41, 5.74) is 7.67. The Balaban J connectivity index is 2.30. The summed E-state index contributed by atoms with van der Waals surface area (Å²) in [5.74, 6) is 0.0900. The molecule has 0 aliphatic heterocycles.